The summed E-state index contributed by atoms with van der Waals surface area (Å²) in [7, 11) is 0. The number of rotatable bonds is 7. The molecule has 168 valence electrons. The fraction of sp³-hybridized carbons (Fsp3) is 0.200. The van der Waals surface area contributed by atoms with Crippen LogP contribution in [-0.4, -0.2) is 34.6 Å². The molecule has 4 aromatic rings. The monoisotopic (exact) mass is 522 g/mol. The molecular formula is C25H24BrClN6. The van der Waals surface area contributed by atoms with Crippen LogP contribution in [0.15, 0.2) is 65.4 Å². The third-order valence-corrected chi connectivity index (χ3v) is 6.50. The third kappa shape index (κ3) is 5.21. The molecule has 3 heterocycles. The summed E-state index contributed by atoms with van der Waals surface area (Å²) < 4.78 is 0.818. The average Bonchev–Trinajstić information content (AvgIpc) is 3.25. The molecule has 2 aromatic heterocycles. The molecule has 0 bridgehead atoms. The molecule has 8 heteroatoms. The van der Waals surface area contributed by atoms with Crippen LogP contribution in [0, 0.1) is 0 Å². The highest BCUT2D eigenvalue weighted by Gasteiger charge is 2.12. The Balaban J connectivity index is 1.28. The fourth-order valence-electron chi connectivity index (χ4n) is 4.03. The van der Waals surface area contributed by atoms with Crippen molar-refractivity contribution in [3.63, 3.8) is 0 Å². The second kappa shape index (κ2) is 9.95. The Morgan fingerprint density at radius 1 is 1.15 bits per heavy atom. The van der Waals surface area contributed by atoms with E-state index < -0.39 is 0 Å². The fourth-order valence-corrected chi connectivity index (χ4v) is 4.58. The van der Waals surface area contributed by atoms with Gasteiger partial charge in [-0.15, -0.1) is 0 Å². The molecule has 0 saturated heterocycles. The van der Waals surface area contributed by atoms with E-state index >= 15 is 0 Å². The number of aromatic amines is 1. The van der Waals surface area contributed by atoms with Crippen LogP contribution in [-0.2, 0) is 6.42 Å². The minimum absolute atomic E-state index is 0.538. The lowest BCUT2D eigenvalue weighted by Crippen LogP contribution is -2.19. The highest BCUT2D eigenvalue weighted by atomic mass is 79.9. The van der Waals surface area contributed by atoms with Crippen molar-refractivity contribution in [1.29, 1.82) is 0 Å². The lowest BCUT2D eigenvalue weighted by atomic mass is 9.99. The van der Waals surface area contributed by atoms with Crippen molar-refractivity contribution in [2.75, 3.05) is 30.3 Å². The molecule has 0 aliphatic carbocycles. The van der Waals surface area contributed by atoms with Gasteiger partial charge in [-0.25, -0.2) is 4.98 Å². The van der Waals surface area contributed by atoms with Crippen molar-refractivity contribution in [3.05, 3.63) is 81.6 Å². The molecule has 0 saturated carbocycles. The van der Waals surface area contributed by atoms with E-state index in [-0.39, 0.29) is 0 Å². The van der Waals surface area contributed by atoms with Gasteiger partial charge in [-0.2, -0.15) is 4.98 Å². The van der Waals surface area contributed by atoms with Crippen molar-refractivity contribution in [2.24, 2.45) is 0 Å². The van der Waals surface area contributed by atoms with Crippen LogP contribution in [0.25, 0.3) is 16.5 Å². The van der Waals surface area contributed by atoms with Gasteiger partial charge in [-0.05, 0) is 70.7 Å². The smallest absolute Gasteiger partial charge is 0.229 e. The zero-order valence-electron chi connectivity index (χ0n) is 18.0. The van der Waals surface area contributed by atoms with Crippen molar-refractivity contribution in [1.82, 2.24) is 20.3 Å². The van der Waals surface area contributed by atoms with Gasteiger partial charge in [0.2, 0.25) is 5.95 Å². The molecule has 0 fully saturated rings. The van der Waals surface area contributed by atoms with E-state index in [2.05, 4.69) is 83.4 Å². The molecule has 0 atom stereocenters. The molecule has 0 unspecified atom stereocenters. The lowest BCUT2D eigenvalue weighted by Gasteiger charge is -2.13. The zero-order chi connectivity index (χ0) is 22.6. The van der Waals surface area contributed by atoms with E-state index in [9.17, 15) is 0 Å². The zero-order valence-corrected chi connectivity index (χ0v) is 20.3. The second-order valence-electron chi connectivity index (χ2n) is 7.97. The minimum Gasteiger partial charge on any atom is -0.369 e. The van der Waals surface area contributed by atoms with Crippen molar-refractivity contribution < 1.29 is 0 Å². The molecule has 0 radical (unpaired) electrons. The van der Waals surface area contributed by atoms with Gasteiger partial charge in [-0.3, -0.25) is 0 Å². The molecule has 5 rings (SSSR count). The Morgan fingerprint density at radius 2 is 2.09 bits per heavy atom. The first-order chi connectivity index (χ1) is 16.2. The standard InChI is InChI=1S/C25H24BrClN6/c26-22-15-31-25(33-24(22)29-11-6-16-2-1-3-18(27)12-16)32-19-4-5-20-21(14-30-23(20)13-19)17-7-9-28-10-8-17/h1-5,7,12-15,28,30H,6,8-11H2,(H2,29,31,32,33). The second-order valence-corrected chi connectivity index (χ2v) is 9.26. The Hall–Kier alpha value is -2.87. The lowest BCUT2D eigenvalue weighted by molar-refractivity contribution is 0.739. The first kappa shape index (κ1) is 21.9. The number of nitrogens with zero attached hydrogens (tertiary/aromatic N) is 2. The van der Waals surface area contributed by atoms with Gasteiger partial charge >= 0.3 is 0 Å². The normalized spacial score (nSPS) is 13.7. The Labute approximate surface area is 206 Å². The van der Waals surface area contributed by atoms with E-state index in [0.717, 1.165) is 59.0 Å². The van der Waals surface area contributed by atoms with Crippen LogP contribution in [0.5, 0.6) is 0 Å². The van der Waals surface area contributed by atoms with E-state index in [4.69, 9.17) is 11.6 Å². The number of hydrogen-bond donors (Lipinski definition) is 4. The van der Waals surface area contributed by atoms with Crippen LogP contribution in [0.4, 0.5) is 17.5 Å². The third-order valence-electron chi connectivity index (χ3n) is 5.69. The number of aromatic nitrogens is 3. The summed E-state index contributed by atoms with van der Waals surface area (Å²) in [6.07, 6.45) is 8.02. The van der Waals surface area contributed by atoms with Gasteiger partial charge in [0.05, 0.1) is 4.47 Å². The van der Waals surface area contributed by atoms with Gasteiger partial charge in [0.15, 0.2) is 0 Å². The van der Waals surface area contributed by atoms with Crippen LogP contribution < -0.4 is 16.0 Å². The number of halogens is 2. The van der Waals surface area contributed by atoms with Gasteiger partial charge in [0.25, 0.3) is 0 Å². The number of benzene rings is 2. The number of fused-ring (bicyclic) bond motifs is 1. The van der Waals surface area contributed by atoms with Crippen molar-refractivity contribution in [3.8, 4) is 0 Å². The molecule has 1 aliphatic rings. The molecule has 6 nitrogen and oxygen atoms in total. The largest absolute Gasteiger partial charge is 0.369 e. The highest BCUT2D eigenvalue weighted by molar-refractivity contribution is 9.10. The maximum atomic E-state index is 6.08. The maximum Gasteiger partial charge on any atom is 0.229 e. The molecular weight excluding hydrogens is 500 g/mol. The van der Waals surface area contributed by atoms with E-state index in [1.165, 1.54) is 22.1 Å². The van der Waals surface area contributed by atoms with Crippen LogP contribution in [0.2, 0.25) is 5.02 Å². The number of H-pyrrole nitrogens is 1. The number of hydrogen-bond acceptors (Lipinski definition) is 5. The van der Waals surface area contributed by atoms with Crippen LogP contribution in [0.1, 0.15) is 17.5 Å². The minimum atomic E-state index is 0.538. The molecule has 0 amide bonds. The summed E-state index contributed by atoms with van der Waals surface area (Å²) in [4.78, 5) is 12.5. The first-order valence-electron chi connectivity index (χ1n) is 10.9. The Bertz CT molecular complexity index is 1320. The first-order valence-corrected chi connectivity index (χ1v) is 12.1. The predicted octanol–water partition coefficient (Wildman–Crippen LogP) is 6.15. The predicted molar refractivity (Wildman–Crippen MR) is 140 cm³/mol. The molecule has 0 spiro atoms. The highest BCUT2D eigenvalue weighted by Crippen LogP contribution is 2.30. The summed E-state index contributed by atoms with van der Waals surface area (Å²) in [5.41, 5.74) is 5.88. The summed E-state index contributed by atoms with van der Waals surface area (Å²) in [6.45, 7) is 2.69. The Morgan fingerprint density at radius 3 is 2.94 bits per heavy atom. The van der Waals surface area contributed by atoms with Crippen LogP contribution in [0.3, 0.4) is 0 Å². The van der Waals surface area contributed by atoms with Crippen molar-refractivity contribution in [2.45, 2.75) is 12.8 Å². The van der Waals surface area contributed by atoms with Gasteiger partial charge in [0.1, 0.15) is 5.82 Å². The summed E-state index contributed by atoms with van der Waals surface area (Å²) in [5.74, 6) is 1.28. The molecule has 1 aliphatic heterocycles. The average molecular weight is 524 g/mol. The summed E-state index contributed by atoms with van der Waals surface area (Å²) >= 11 is 9.61. The number of nitrogens with one attached hydrogen (secondary N) is 4. The topological polar surface area (TPSA) is 77.7 Å². The van der Waals surface area contributed by atoms with E-state index in [1.807, 2.05) is 18.2 Å². The summed E-state index contributed by atoms with van der Waals surface area (Å²) in [6, 6.07) is 14.2. The maximum absolute atomic E-state index is 6.08. The van der Waals surface area contributed by atoms with Gasteiger partial charge in [0, 0.05) is 52.7 Å². The summed E-state index contributed by atoms with van der Waals surface area (Å²) in [5, 5.41) is 12.1. The number of anilines is 3. The molecule has 33 heavy (non-hydrogen) atoms. The van der Waals surface area contributed by atoms with Crippen LogP contribution >= 0.6 is 27.5 Å². The quantitative estimate of drug-likeness (QED) is 0.234. The molecule has 2 aromatic carbocycles. The van der Waals surface area contributed by atoms with Crippen molar-refractivity contribution >= 4 is 61.5 Å². The van der Waals surface area contributed by atoms with Gasteiger partial charge < -0.3 is 20.9 Å². The molecule has 4 N–H and O–H groups in total. The van der Waals surface area contributed by atoms with E-state index in [1.54, 1.807) is 6.20 Å². The van der Waals surface area contributed by atoms with E-state index in [0.29, 0.717) is 5.95 Å². The Kier molecular flexibility index (Phi) is 6.62. The SMILES string of the molecule is Clc1cccc(CCNc2nc(Nc3ccc4c(C5=CCNCC5)c[nH]c4c3)ncc2Br)c1. The van der Waals surface area contributed by atoms with Gasteiger partial charge in [-0.1, -0.05) is 35.9 Å².